The maximum atomic E-state index is 14.2. The van der Waals surface area contributed by atoms with Crippen LogP contribution in [0.15, 0.2) is 65.0 Å². The molecule has 2 aliphatic rings. The van der Waals surface area contributed by atoms with Crippen molar-refractivity contribution in [3.8, 4) is 11.5 Å². The third kappa shape index (κ3) is 3.86. The zero-order valence-electron chi connectivity index (χ0n) is 18.3. The van der Waals surface area contributed by atoms with Crippen molar-refractivity contribution in [2.75, 3.05) is 19.5 Å². The van der Waals surface area contributed by atoms with Crippen molar-refractivity contribution < 1.29 is 23.5 Å². The van der Waals surface area contributed by atoms with E-state index < -0.39 is 17.6 Å². The molecule has 1 amide bonds. The van der Waals surface area contributed by atoms with Gasteiger partial charge in [0, 0.05) is 34.9 Å². The number of amides is 1. The SMILES string of the molecule is COc1ccc(C2C(C(=O)Nc3ccccc3F)=C(C)NC3=C2C(=O)CCC3)cc1OC. The zero-order valence-corrected chi connectivity index (χ0v) is 18.3. The maximum absolute atomic E-state index is 14.2. The lowest BCUT2D eigenvalue weighted by Gasteiger charge is -2.34. The third-order valence-corrected chi connectivity index (χ3v) is 5.88. The largest absolute Gasteiger partial charge is 0.493 e. The minimum Gasteiger partial charge on any atom is -0.493 e. The van der Waals surface area contributed by atoms with E-state index in [0.29, 0.717) is 34.8 Å². The van der Waals surface area contributed by atoms with Crippen LogP contribution in [0.25, 0.3) is 0 Å². The summed E-state index contributed by atoms with van der Waals surface area (Å²) in [6, 6.07) is 11.4. The number of dihydropyridines is 1. The number of rotatable bonds is 5. The number of ether oxygens (including phenoxy) is 2. The molecule has 4 rings (SSSR count). The maximum Gasteiger partial charge on any atom is 0.254 e. The summed E-state index contributed by atoms with van der Waals surface area (Å²) in [6.07, 6.45) is 1.91. The zero-order chi connectivity index (χ0) is 22.8. The van der Waals surface area contributed by atoms with Gasteiger partial charge in [0.05, 0.1) is 19.9 Å². The highest BCUT2D eigenvalue weighted by Crippen LogP contribution is 2.44. The Kier molecular flexibility index (Phi) is 5.99. The monoisotopic (exact) mass is 436 g/mol. The van der Waals surface area contributed by atoms with Crippen LogP contribution in [0, 0.1) is 5.82 Å². The molecule has 32 heavy (non-hydrogen) atoms. The van der Waals surface area contributed by atoms with E-state index in [2.05, 4.69) is 10.6 Å². The van der Waals surface area contributed by atoms with Crippen LogP contribution in [-0.2, 0) is 9.59 Å². The first-order valence-corrected chi connectivity index (χ1v) is 10.5. The Balaban J connectivity index is 1.83. The Morgan fingerprint density at radius 1 is 1.09 bits per heavy atom. The Morgan fingerprint density at radius 2 is 1.84 bits per heavy atom. The number of Topliss-reactive ketones (excluding diaryl/α,β-unsaturated/α-hetero) is 1. The lowest BCUT2D eigenvalue weighted by atomic mass is 9.75. The summed E-state index contributed by atoms with van der Waals surface area (Å²) in [5.41, 5.74) is 3.22. The molecular weight excluding hydrogens is 411 g/mol. The molecule has 7 heteroatoms. The summed E-state index contributed by atoms with van der Waals surface area (Å²) in [4.78, 5) is 26.4. The van der Waals surface area contributed by atoms with E-state index in [1.807, 2.05) is 6.07 Å². The van der Waals surface area contributed by atoms with E-state index in [0.717, 1.165) is 24.1 Å². The second-order valence-corrected chi connectivity index (χ2v) is 7.81. The average molecular weight is 436 g/mol. The average Bonchev–Trinajstić information content (AvgIpc) is 2.79. The van der Waals surface area contributed by atoms with Gasteiger partial charge in [-0.25, -0.2) is 4.39 Å². The molecule has 1 aliphatic heterocycles. The molecule has 166 valence electrons. The predicted molar refractivity (Wildman–Crippen MR) is 119 cm³/mol. The number of carbonyl (C=O) groups excluding carboxylic acids is 2. The number of allylic oxidation sites excluding steroid dienone is 3. The summed E-state index contributed by atoms with van der Waals surface area (Å²) < 4.78 is 25.0. The number of hydrogen-bond acceptors (Lipinski definition) is 5. The van der Waals surface area contributed by atoms with Gasteiger partial charge in [0.25, 0.3) is 5.91 Å². The molecule has 2 aromatic carbocycles. The van der Waals surface area contributed by atoms with Gasteiger partial charge >= 0.3 is 0 Å². The van der Waals surface area contributed by atoms with E-state index in [9.17, 15) is 14.0 Å². The van der Waals surface area contributed by atoms with Gasteiger partial charge in [0.1, 0.15) is 5.82 Å². The molecule has 1 unspecified atom stereocenters. The van der Waals surface area contributed by atoms with Gasteiger partial charge in [-0.05, 0) is 49.6 Å². The number of nitrogens with one attached hydrogen (secondary N) is 2. The highest BCUT2D eigenvalue weighted by Gasteiger charge is 2.38. The molecule has 6 nitrogen and oxygen atoms in total. The van der Waals surface area contributed by atoms with E-state index in [1.165, 1.54) is 19.2 Å². The quantitative estimate of drug-likeness (QED) is 0.724. The van der Waals surface area contributed by atoms with Crippen LogP contribution in [0.3, 0.4) is 0 Å². The third-order valence-electron chi connectivity index (χ3n) is 5.88. The van der Waals surface area contributed by atoms with E-state index in [1.54, 1.807) is 38.3 Å². The minimum absolute atomic E-state index is 0.00206. The highest BCUT2D eigenvalue weighted by atomic mass is 19.1. The molecule has 0 radical (unpaired) electrons. The number of ketones is 1. The molecule has 0 saturated carbocycles. The van der Waals surface area contributed by atoms with Crippen LogP contribution in [-0.4, -0.2) is 25.9 Å². The number of hydrogen-bond donors (Lipinski definition) is 2. The Hall–Kier alpha value is -3.61. The molecule has 1 heterocycles. The predicted octanol–water partition coefficient (Wildman–Crippen LogP) is 4.45. The molecule has 0 saturated heterocycles. The van der Waals surface area contributed by atoms with Gasteiger partial charge in [0.15, 0.2) is 17.3 Å². The molecule has 0 fully saturated rings. The van der Waals surface area contributed by atoms with Crippen molar-refractivity contribution in [1.29, 1.82) is 0 Å². The van der Waals surface area contributed by atoms with Gasteiger partial charge in [-0.3, -0.25) is 9.59 Å². The second kappa shape index (κ2) is 8.86. The number of carbonyl (C=O) groups is 2. The van der Waals surface area contributed by atoms with Crippen LogP contribution < -0.4 is 20.1 Å². The van der Waals surface area contributed by atoms with Crippen molar-refractivity contribution in [3.63, 3.8) is 0 Å². The smallest absolute Gasteiger partial charge is 0.254 e. The summed E-state index contributed by atoms with van der Waals surface area (Å²) in [5.74, 6) is -0.551. The van der Waals surface area contributed by atoms with Crippen molar-refractivity contribution in [3.05, 3.63) is 76.4 Å². The van der Waals surface area contributed by atoms with Gasteiger partial charge in [-0.1, -0.05) is 18.2 Å². The summed E-state index contributed by atoms with van der Waals surface area (Å²) in [5, 5.41) is 5.93. The molecule has 0 bridgehead atoms. The minimum atomic E-state index is -0.606. The van der Waals surface area contributed by atoms with Crippen LogP contribution in [0.5, 0.6) is 11.5 Å². The van der Waals surface area contributed by atoms with Crippen LogP contribution in [0.4, 0.5) is 10.1 Å². The number of methoxy groups -OCH3 is 2. The molecule has 0 aromatic heterocycles. The van der Waals surface area contributed by atoms with Crippen molar-refractivity contribution in [2.45, 2.75) is 32.1 Å². The second-order valence-electron chi connectivity index (χ2n) is 7.81. The topological polar surface area (TPSA) is 76.7 Å². The number of anilines is 1. The van der Waals surface area contributed by atoms with Gasteiger partial charge in [-0.15, -0.1) is 0 Å². The van der Waals surface area contributed by atoms with Crippen LogP contribution in [0.2, 0.25) is 0 Å². The van der Waals surface area contributed by atoms with Crippen LogP contribution in [0.1, 0.15) is 37.7 Å². The number of halogens is 1. The Bertz CT molecular complexity index is 1150. The van der Waals surface area contributed by atoms with E-state index in [4.69, 9.17) is 9.47 Å². The summed E-state index contributed by atoms with van der Waals surface area (Å²) in [6.45, 7) is 1.80. The molecule has 2 aromatic rings. The summed E-state index contributed by atoms with van der Waals surface area (Å²) in [7, 11) is 3.08. The number of benzene rings is 2. The molecule has 1 atom stereocenters. The molecule has 0 spiro atoms. The van der Waals surface area contributed by atoms with Crippen molar-refractivity contribution in [1.82, 2.24) is 5.32 Å². The summed E-state index contributed by atoms with van der Waals surface area (Å²) >= 11 is 0. The molecule has 2 N–H and O–H groups in total. The molecule has 1 aliphatic carbocycles. The fraction of sp³-hybridized carbons (Fsp3) is 0.280. The first kappa shape index (κ1) is 21.6. The Labute approximate surface area is 186 Å². The fourth-order valence-electron chi connectivity index (χ4n) is 4.40. The van der Waals surface area contributed by atoms with Crippen LogP contribution >= 0.6 is 0 Å². The lowest BCUT2D eigenvalue weighted by molar-refractivity contribution is -0.116. The number of para-hydroxylation sites is 1. The Morgan fingerprint density at radius 3 is 2.56 bits per heavy atom. The van der Waals surface area contributed by atoms with Crippen molar-refractivity contribution in [2.24, 2.45) is 0 Å². The van der Waals surface area contributed by atoms with Gasteiger partial charge in [0.2, 0.25) is 0 Å². The highest BCUT2D eigenvalue weighted by molar-refractivity contribution is 6.09. The first-order chi connectivity index (χ1) is 15.4. The van der Waals surface area contributed by atoms with E-state index >= 15 is 0 Å². The normalized spacial score (nSPS) is 18.1. The van der Waals surface area contributed by atoms with Gasteiger partial charge < -0.3 is 20.1 Å². The standard InChI is InChI=1S/C25H25FN2O4/c1-14-22(25(30)28-17-8-5-4-7-16(17)26)23(24-18(27-14)9-6-10-19(24)29)15-11-12-20(31-2)21(13-15)32-3/h4-5,7-8,11-13,23,27H,6,9-10H2,1-3H3,(H,28,30). The van der Waals surface area contributed by atoms with Gasteiger partial charge in [-0.2, -0.15) is 0 Å². The lowest BCUT2D eigenvalue weighted by Crippen LogP contribution is -2.35. The van der Waals surface area contributed by atoms with E-state index in [-0.39, 0.29) is 11.5 Å². The van der Waals surface area contributed by atoms with Crippen molar-refractivity contribution >= 4 is 17.4 Å². The first-order valence-electron chi connectivity index (χ1n) is 10.5. The fourth-order valence-corrected chi connectivity index (χ4v) is 4.40. The molecular formula is C25H25FN2O4.